The number of nitrogens with zero attached hydrogens (tertiary/aromatic N) is 1. The zero-order valence-corrected chi connectivity index (χ0v) is 12.5. The van der Waals surface area contributed by atoms with E-state index in [0.29, 0.717) is 5.92 Å². The first-order chi connectivity index (χ1) is 10.1. The van der Waals surface area contributed by atoms with Crippen LogP contribution in [0.3, 0.4) is 0 Å². The number of hydrogen-bond donors (Lipinski definition) is 2. The van der Waals surface area contributed by atoms with Crippen molar-refractivity contribution in [3.05, 3.63) is 41.6 Å². The first-order valence-corrected chi connectivity index (χ1v) is 7.56. The lowest BCUT2D eigenvalue weighted by Crippen LogP contribution is -2.36. The number of para-hydroxylation sites is 1. The number of hydrogen-bond acceptors (Lipinski definition) is 3. The van der Waals surface area contributed by atoms with Crippen LogP contribution in [0.5, 0.6) is 0 Å². The summed E-state index contributed by atoms with van der Waals surface area (Å²) in [7, 11) is 0. The molecular formula is C17H21N3O. The monoisotopic (exact) mass is 283 g/mol. The number of benzene rings is 1. The molecule has 3 rings (SSSR count). The Hall–Kier alpha value is -1.94. The summed E-state index contributed by atoms with van der Waals surface area (Å²) in [5, 5.41) is 7.31. The molecule has 1 amide bonds. The number of rotatable bonds is 3. The van der Waals surface area contributed by atoms with Crippen molar-refractivity contribution in [1.82, 2.24) is 15.6 Å². The Labute approximate surface area is 125 Å². The first kappa shape index (κ1) is 14.0. The van der Waals surface area contributed by atoms with Crippen molar-refractivity contribution >= 4 is 16.8 Å². The minimum absolute atomic E-state index is 0.00389. The highest BCUT2D eigenvalue weighted by Crippen LogP contribution is 2.22. The molecule has 1 aromatic heterocycles. The van der Waals surface area contributed by atoms with Crippen molar-refractivity contribution in [2.24, 2.45) is 0 Å². The fourth-order valence-corrected chi connectivity index (χ4v) is 2.72. The van der Waals surface area contributed by atoms with Gasteiger partial charge in [0.1, 0.15) is 0 Å². The van der Waals surface area contributed by atoms with Crippen molar-refractivity contribution in [1.29, 1.82) is 0 Å². The third kappa shape index (κ3) is 2.90. The van der Waals surface area contributed by atoms with Crippen molar-refractivity contribution in [3.8, 4) is 0 Å². The van der Waals surface area contributed by atoms with Crippen molar-refractivity contribution in [3.63, 3.8) is 0 Å². The lowest BCUT2D eigenvalue weighted by Gasteiger charge is -2.15. The predicted molar refractivity (Wildman–Crippen MR) is 84.6 cm³/mol. The standard InChI is InChI=1S/C17H21N3O/c1-11(2)16-9-14(13-5-3-4-6-15(13)20-16)17(21)19-12-7-8-18-10-12/h3-6,9,11-12,18H,7-8,10H2,1-2H3,(H,19,21). The van der Waals surface area contributed by atoms with Gasteiger partial charge in [0, 0.05) is 23.7 Å². The Morgan fingerprint density at radius 1 is 1.38 bits per heavy atom. The Bertz CT molecular complexity index is 660. The summed E-state index contributed by atoms with van der Waals surface area (Å²) in [6, 6.07) is 10.0. The van der Waals surface area contributed by atoms with E-state index in [1.54, 1.807) is 0 Å². The van der Waals surface area contributed by atoms with Gasteiger partial charge >= 0.3 is 0 Å². The molecule has 110 valence electrons. The van der Waals surface area contributed by atoms with Crippen molar-refractivity contribution < 1.29 is 4.79 Å². The summed E-state index contributed by atoms with van der Waals surface area (Å²) in [5.74, 6) is 0.304. The van der Waals surface area contributed by atoms with Crippen LogP contribution in [0.25, 0.3) is 10.9 Å². The van der Waals surface area contributed by atoms with E-state index in [0.717, 1.165) is 41.7 Å². The summed E-state index contributed by atoms with van der Waals surface area (Å²) in [6.45, 7) is 6.02. The third-order valence-electron chi connectivity index (χ3n) is 3.97. The highest BCUT2D eigenvalue weighted by Gasteiger charge is 2.20. The van der Waals surface area contributed by atoms with E-state index in [9.17, 15) is 4.79 Å². The number of carbonyl (C=O) groups excluding carboxylic acids is 1. The molecule has 2 aromatic rings. The summed E-state index contributed by atoms with van der Waals surface area (Å²) < 4.78 is 0. The molecule has 4 heteroatoms. The van der Waals surface area contributed by atoms with E-state index in [4.69, 9.17) is 0 Å². The third-order valence-corrected chi connectivity index (χ3v) is 3.97. The summed E-state index contributed by atoms with van der Waals surface area (Å²) in [4.78, 5) is 17.3. The highest BCUT2D eigenvalue weighted by atomic mass is 16.1. The fourth-order valence-electron chi connectivity index (χ4n) is 2.72. The molecule has 0 spiro atoms. The van der Waals surface area contributed by atoms with E-state index in [2.05, 4.69) is 29.5 Å². The smallest absolute Gasteiger partial charge is 0.252 e. The Morgan fingerprint density at radius 3 is 2.90 bits per heavy atom. The SMILES string of the molecule is CC(C)c1cc(C(=O)NC2CCNC2)c2ccccc2n1. The molecule has 1 aliphatic rings. The Morgan fingerprint density at radius 2 is 2.19 bits per heavy atom. The van der Waals surface area contributed by atoms with E-state index in [1.807, 2.05) is 30.3 Å². The average molecular weight is 283 g/mol. The molecule has 0 bridgehead atoms. The van der Waals surface area contributed by atoms with Crippen LogP contribution in [0.4, 0.5) is 0 Å². The molecule has 1 fully saturated rings. The van der Waals surface area contributed by atoms with E-state index < -0.39 is 0 Å². The number of fused-ring (bicyclic) bond motifs is 1. The van der Waals surface area contributed by atoms with Crippen LogP contribution < -0.4 is 10.6 Å². The molecule has 1 unspecified atom stereocenters. The Balaban J connectivity index is 2.00. The number of carbonyl (C=O) groups is 1. The van der Waals surface area contributed by atoms with Gasteiger partial charge in [0.05, 0.1) is 11.1 Å². The van der Waals surface area contributed by atoms with Gasteiger partial charge in [-0.3, -0.25) is 9.78 Å². The highest BCUT2D eigenvalue weighted by molar-refractivity contribution is 6.06. The predicted octanol–water partition coefficient (Wildman–Crippen LogP) is 2.45. The van der Waals surface area contributed by atoms with Gasteiger partial charge in [-0.25, -0.2) is 0 Å². The van der Waals surface area contributed by atoms with E-state index in [-0.39, 0.29) is 11.9 Å². The van der Waals surface area contributed by atoms with Crippen molar-refractivity contribution in [2.45, 2.75) is 32.2 Å². The van der Waals surface area contributed by atoms with E-state index >= 15 is 0 Å². The summed E-state index contributed by atoms with van der Waals surface area (Å²) in [5.41, 5.74) is 2.58. The zero-order chi connectivity index (χ0) is 14.8. The van der Waals surface area contributed by atoms with Crippen LogP contribution in [0.15, 0.2) is 30.3 Å². The average Bonchev–Trinajstić information content (AvgIpc) is 2.98. The van der Waals surface area contributed by atoms with Crippen LogP contribution >= 0.6 is 0 Å². The van der Waals surface area contributed by atoms with Gasteiger partial charge in [0.15, 0.2) is 0 Å². The van der Waals surface area contributed by atoms with Crippen LogP contribution in [-0.4, -0.2) is 30.0 Å². The van der Waals surface area contributed by atoms with Gasteiger partial charge in [-0.15, -0.1) is 0 Å². The quantitative estimate of drug-likeness (QED) is 0.909. The van der Waals surface area contributed by atoms with Crippen LogP contribution in [-0.2, 0) is 0 Å². The molecule has 1 saturated heterocycles. The normalized spacial score (nSPS) is 18.3. The molecule has 4 nitrogen and oxygen atoms in total. The first-order valence-electron chi connectivity index (χ1n) is 7.56. The molecule has 2 heterocycles. The molecule has 1 aliphatic heterocycles. The van der Waals surface area contributed by atoms with Gasteiger partial charge in [-0.05, 0) is 31.0 Å². The van der Waals surface area contributed by atoms with Gasteiger partial charge in [0.25, 0.3) is 5.91 Å². The largest absolute Gasteiger partial charge is 0.348 e. The zero-order valence-electron chi connectivity index (χ0n) is 12.5. The second-order valence-electron chi connectivity index (χ2n) is 5.93. The molecular weight excluding hydrogens is 262 g/mol. The minimum Gasteiger partial charge on any atom is -0.348 e. The minimum atomic E-state index is 0.00389. The Kier molecular flexibility index (Phi) is 3.88. The number of amides is 1. The number of aromatic nitrogens is 1. The molecule has 0 aliphatic carbocycles. The maximum absolute atomic E-state index is 12.6. The molecule has 2 N–H and O–H groups in total. The lowest BCUT2D eigenvalue weighted by atomic mass is 10.0. The van der Waals surface area contributed by atoms with Crippen LogP contribution in [0.1, 0.15) is 42.2 Å². The number of nitrogens with one attached hydrogen (secondary N) is 2. The van der Waals surface area contributed by atoms with Gasteiger partial charge in [-0.1, -0.05) is 32.0 Å². The van der Waals surface area contributed by atoms with Gasteiger partial charge < -0.3 is 10.6 Å². The maximum atomic E-state index is 12.6. The fraction of sp³-hybridized carbons (Fsp3) is 0.412. The molecule has 0 saturated carbocycles. The molecule has 0 radical (unpaired) electrons. The second kappa shape index (κ2) is 5.82. The maximum Gasteiger partial charge on any atom is 0.252 e. The van der Waals surface area contributed by atoms with Crippen LogP contribution in [0.2, 0.25) is 0 Å². The molecule has 1 aromatic carbocycles. The van der Waals surface area contributed by atoms with E-state index in [1.165, 1.54) is 0 Å². The van der Waals surface area contributed by atoms with Crippen LogP contribution in [0, 0.1) is 0 Å². The lowest BCUT2D eigenvalue weighted by molar-refractivity contribution is 0.0941. The topological polar surface area (TPSA) is 54.0 Å². The van der Waals surface area contributed by atoms with Gasteiger partial charge in [0.2, 0.25) is 0 Å². The van der Waals surface area contributed by atoms with Gasteiger partial charge in [-0.2, -0.15) is 0 Å². The second-order valence-corrected chi connectivity index (χ2v) is 5.93. The summed E-state index contributed by atoms with van der Waals surface area (Å²) in [6.07, 6.45) is 0.992. The van der Waals surface area contributed by atoms with Crippen molar-refractivity contribution in [2.75, 3.05) is 13.1 Å². The number of pyridine rings is 1. The molecule has 1 atom stereocenters. The summed E-state index contributed by atoms with van der Waals surface area (Å²) >= 11 is 0. The molecule has 21 heavy (non-hydrogen) atoms.